The number of carboxylic acids is 1. The van der Waals surface area contributed by atoms with Crippen LogP contribution in [0.2, 0.25) is 0 Å². The normalized spacial score (nSPS) is 11.0. The van der Waals surface area contributed by atoms with Gasteiger partial charge in [-0.15, -0.1) is 0 Å². The highest BCUT2D eigenvalue weighted by atomic mass is 16.5. The van der Waals surface area contributed by atoms with Crippen molar-refractivity contribution < 1.29 is 19.4 Å². The second-order valence-electron chi connectivity index (χ2n) is 5.40. The van der Waals surface area contributed by atoms with Crippen LogP contribution in [0.5, 0.6) is 5.75 Å². The fourth-order valence-corrected chi connectivity index (χ4v) is 1.74. The van der Waals surface area contributed by atoms with Crippen LogP contribution in [0.1, 0.15) is 31.4 Å². The van der Waals surface area contributed by atoms with Crippen LogP contribution in [-0.4, -0.2) is 29.1 Å². The predicted octanol–water partition coefficient (Wildman–Crippen LogP) is 2.05. The zero-order valence-corrected chi connectivity index (χ0v) is 12.3. The van der Waals surface area contributed by atoms with Gasteiger partial charge in [-0.1, -0.05) is 6.07 Å². The van der Waals surface area contributed by atoms with E-state index in [9.17, 15) is 9.59 Å². The molecule has 0 fully saturated rings. The monoisotopic (exact) mass is 279 g/mol. The molecule has 1 aromatic carbocycles. The lowest BCUT2D eigenvalue weighted by molar-refractivity contribution is -0.146. The average Bonchev–Trinajstić information content (AvgIpc) is 2.26. The van der Waals surface area contributed by atoms with Gasteiger partial charge in [0.15, 0.2) is 0 Å². The predicted molar refractivity (Wildman–Crippen MR) is 75.9 cm³/mol. The minimum Gasteiger partial charge on any atom is -0.493 e. The van der Waals surface area contributed by atoms with Gasteiger partial charge in [-0.05, 0) is 51.0 Å². The largest absolute Gasteiger partial charge is 0.493 e. The maximum Gasteiger partial charge on any atom is 0.328 e. The molecule has 2 N–H and O–H groups in total. The molecule has 5 nitrogen and oxygen atoms in total. The summed E-state index contributed by atoms with van der Waals surface area (Å²) in [5.74, 6) is -0.698. The van der Waals surface area contributed by atoms with Crippen LogP contribution in [0.4, 0.5) is 0 Å². The number of nitrogens with one attached hydrogen (secondary N) is 1. The number of hydrogen-bond donors (Lipinski definition) is 2. The molecule has 110 valence electrons. The van der Waals surface area contributed by atoms with Crippen molar-refractivity contribution in [2.45, 2.75) is 39.7 Å². The second-order valence-corrected chi connectivity index (χ2v) is 5.40. The molecule has 0 radical (unpaired) electrons. The van der Waals surface area contributed by atoms with E-state index in [-0.39, 0.29) is 18.9 Å². The number of hydrogen-bond acceptors (Lipinski definition) is 3. The van der Waals surface area contributed by atoms with Crippen molar-refractivity contribution in [3.63, 3.8) is 0 Å². The van der Waals surface area contributed by atoms with E-state index in [1.165, 1.54) is 13.8 Å². The van der Waals surface area contributed by atoms with E-state index in [1.807, 2.05) is 32.0 Å². The quantitative estimate of drug-likeness (QED) is 0.835. The first-order chi connectivity index (χ1) is 9.20. The Morgan fingerprint density at radius 1 is 1.20 bits per heavy atom. The zero-order valence-electron chi connectivity index (χ0n) is 12.3. The minimum atomic E-state index is -1.27. The molecule has 0 unspecified atom stereocenters. The molecule has 0 bridgehead atoms. The molecule has 0 saturated heterocycles. The van der Waals surface area contributed by atoms with Crippen LogP contribution < -0.4 is 10.1 Å². The van der Waals surface area contributed by atoms with Crippen LogP contribution in [0, 0.1) is 13.8 Å². The Morgan fingerprint density at radius 2 is 1.75 bits per heavy atom. The molecule has 5 heteroatoms. The van der Waals surface area contributed by atoms with Crippen molar-refractivity contribution >= 4 is 11.9 Å². The van der Waals surface area contributed by atoms with E-state index in [2.05, 4.69) is 5.32 Å². The molecule has 0 aliphatic carbocycles. The number of ether oxygens (including phenoxy) is 1. The van der Waals surface area contributed by atoms with Crippen molar-refractivity contribution in [2.75, 3.05) is 6.61 Å². The maximum atomic E-state index is 11.6. The molecule has 0 atom stereocenters. The highest BCUT2D eigenvalue weighted by Gasteiger charge is 2.28. The molecule has 0 aliphatic heterocycles. The van der Waals surface area contributed by atoms with Crippen molar-refractivity contribution in [3.05, 3.63) is 29.3 Å². The third kappa shape index (κ3) is 4.91. The Labute approximate surface area is 118 Å². The second kappa shape index (κ2) is 6.41. The lowest BCUT2D eigenvalue weighted by atomic mass is 10.1. The number of amides is 1. The first kappa shape index (κ1) is 16.0. The molecule has 1 rings (SSSR count). The van der Waals surface area contributed by atoms with E-state index >= 15 is 0 Å². The molecule has 1 aromatic rings. The summed E-state index contributed by atoms with van der Waals surface area (Å²) in [5.41, 5.74) is 0.921. The molecule has 0 saturated carbocycles. The summed E-state index contributed by atoms with van der Waals surface area (Å²) in [6.45, 7) is 7.05. The molecule has 0 aliphatic rings. The Morgan fingerprint density at radius 3 is 2.25 bits per heavy atom. The third-order valence-corrected chi connectivity index (χ3v) is 2.78. The summed E-state index contributed by atoms with van der Waals surface area (Å²) in [6.07, 6.45) is 0.115. The average molecular weight is 279 g/mol. The van der Waals surface area contributed by atoms with Gasteiger partial charge in [0.25, 0.3) is 0 Å². The number of rotatable bonds is 6. The maximum absolute atomic E-state index is 11.6. The Balaban J connectivity index is 2.44. The SMILES string of the molecule is Cc1cc(C)cc(OCCC(=O)NC(C)(C)C(=O)O)c1. The molecule has 0 spiro atoms. The van der Waals surface area contributed by atoms with Crippen molar-refractivity contribution in [3.8, 4) is 5.75 Å². The van der Waals surface area contributed by atoms with Gasteiger partial charge in [0.2, 0.25) is 5.91 Å². The summed E-state index contributed by atoms with van der Waals surface area (Å²) in [7, 11) is 0. The molecular formula is C15H21NO4. The Kier molecular flexibility index (Phi) is 5.13. The van der Waals surface area contributed by atoms with Gasteiger partial charge in [-0.3, -0.25) is 4.79 Å². The lowest BCUT2D eigenvalue weighted by Crippen LogP contribution is -2.49. The summed E-state index contributed by atoms with van der Waals surface area (Å²) >= 11 is 0. The highest BCUT2D eigenvalue weighted by Crippen LogP contribution is 2.16. The van der Waals surface area contributed by atoms with Crippen LogP contribution in [0.15, 0.2) is 18.2 Å². The Bertz CT molecular complexity index is 488. The van der Waals surface area contributed by atoms with Crippen molar-refractivity contribution in [1.82, 2.24) is 5.32 Å². The van der Waals surface area contributed by atoms with Gasteiger partial charge in [0.1, 0.15) is 11.3 Å². The number of aliphatic carboxylic acids is 1. The summed E-state index contributed by atoms with van der Waals surface area (Å²) in [6, 6.07) is 5.83. The summed E-state index contributed by atoms with van der Waals surface area (Å²) in [4.78, 5) is 22.5. The first-order valence-corrected chi connectivity index (χ1v) is 6.46. The Hall–Kier alpha value is -2.04. The lowest BCUT2D eigenvalue weighted by Gasteiger charge is -2.20. The van der Waals surface area contributed by atoms with Gasteiger partial charge in [-0.25, -0.2) is 4.79 Å². The fourth-order valence-electron chi connectivity index (χ4n) is 1.74. The van der Waals surface area contributed by atoms with Gasteiger partial charge < -0.3 is 15.2 Å². The van der Waals surface area contributed by atoms with E-state index < -0.39 is 11.5 Å². The summed E-state index contributed by atoms with van der Waals surface area (Å²) < 4.78 is 5.51. The molecule has 0 heterocycles. The third-order valence-electron chi connectivity index (χ3n) is 2.78. The number of carbonyl (C=O) groups excluding carboxylic acids is 1. The zero-order chi connectivity index (χ0) is 15.3. The van der Waals surface area contributed by atoms with Gasteiger partial charge in [0.05, 0.1) is 13.0 Å². The number of carboxylic acid groups (broad SMARTS) is 1. The van der Waals surface area contributed by atoms with Crippen LogP contribution in [-0.2, 0) is 9.59 Å². The summed E-state index contributed by atoms with van der Waals surface area (Å²) in [5, 5.41) is 11.4. The van der Waals surface area contributed by atoms with Crippen molar-refractivity contribution in [2.24, 2.45) is 0 Å². The van der Waals surface area contributed by atoms with E-state index in [0.717, 1.165) is 11.1 Å². The molecular weight excluding hydrogens is 258 g/mol. The fraction of sp³-hybridized carbons (Fsp3) is 0.467. The standard InChI is InChI=1S/C15H21NO4/c1-10-7-11(2)9-12(8-10)20-6-5-13(17)16-15(3,4)14(18)19/h7-9H,5-6H2,1-4H3,(H,16,17)(H,18,19). The van der Waals surface area contributed by atoms with Gasteiger partial charge in [-0.2, -0.15) is 0 Å². The molecule has 20 heavy (non-hydrogen) atoms. The number of carbonyl (C=O) groups is 2. The molecule has 1 amide bonds. The topological polar surface area (TPSA) is 75.6 Å². The van der Waals surface area contributed by atoms with Crippen molar-refractivity contribution in [1.29, 1.82) is 0 Å². The van der Waals surface area contributed by atoms with Crippen LogP contribution >= 0.6 is 0 Å². The van der Waals surface area contributed by atoms with Crippen LogP contribution in [0.25, 0.3) is 0 Å². The van der Waals surface area contributed by atoms with E-state index in [1.54, 1.807) is 0 Å². The highest BCUT2D eigenvalue weighted by molar-refractivity contribution is 5.86. The van der Waals surface area contributed by atoms with Gasteiger partial charge in [0, 0.05) is 0 Å². The first-order valence-electron chi connectivity index (χ1n) is 6.46. The minimum absolute atomic E-state index is 0.115. The molecule has 0 aromatic heterocycles. The number of benzene rings is 1. The van der Waals surface area contributed by atoms with Gasteiger partial charge >= 0.3 is 5.97 Å². The smallest absolute Gasteiger partial charge is 0.328 e. The number of aryl methyl sites for hydroxylation is 2. The van der Waals surface area contributed by atoms with E-state index in [0.29, 0.717) is 5.75 Å². The van der Waals surface area contributed by atoms with E-state index in [4.69, 9.17) is 9.84 Å². The van der Waals surface area contributed by atoms with Crippen LogP contribution in [0.3, 0.4) is 0 Å².